The molecule has 3 aromatic rings. The minimum Gasteiger partial charge on any atom is -0.298 e. The molecule has 0 atom stereocenters. The number of nitrogens with zero attached hydrogens (tertiary/aromatic N) is 1. The Labute approximate surface area is 191 Å². The van der Waals surface area contributed by atoms with Gasteiger partial charge in [0.2, 0.25) is 0 Å². The first kappa shape index (κ1) is 21.0. The van der Waals surface area contributed by atoms with E-state index in [0.717, 1.165) is 27.3 Å². The van der Waals surface area contributed by atoms with Gasteiger partial charge in [-0.05, 0) is 72.2 Å². The summed E-state index contributed by atoms with van der Waals surface area (Å²) in [5.74, 6) is -0.917. The standard InChI is InChI=1S/C25H20N2O2S2/c1-2-17-8-12-19(13-9-17)27-24(29)22(23(28)26-25(27)30)16-18-10-14-21(15-11-18)31-20-6-4-3-5-7-20/h3-16H,2H2,1H3,(H,26,28,30). The van der Waals surface area contributed by atoms with Crippen LogP contribution in [0.25, 0.3) is 6.08 Å². The molecule has 1 heterocycles. The largest absolute Gasteiger partial charge is 0.298 e. The number of benzene rings is 3. The van der Waals surface area contributed by atoms with Crippen molar-refractivity contribution < 1.29 is 9.59 Å². The molecule has 4 rings (SSSR count). The SMILES string of the molecule is CCc1ccc(N2C(=O)C(=Cc3ccc(Sc4ccccc4)cc3)C(=O)NC2=S)cc1. The number of amides is 2. The molecular weight excluding hydrogens is 424 g/mol. The molecule has 0 radical (unpaired) electrons. The Bertz CT molecular complexity index is 1150. The highest BCUT2D eigenvalue weighted by atomic mass is 32.2. The molecular formula is C25H20N2O2S2. The maximum Gasteiger partial charge on any atom is 0.270 e. The zero-order valence-corrected chi connectivity index (χ0v) is 18.5. The highest BCUT2D eigenvalue weighted by Crippen LogP contribution is 2.28. The van der Waals surface area contributed by atoms with Gasteiger partial charge in [-0.15, -0.1) is 0 Å². The Kier molecular flexibility index (Phi) is 6.30. The summed E-state index contributed by atoms with van der Waals surface area (Å²) in [6, 6.07) is 25.4. The molecule has 0 unspecified atom stereocenters. The minimum atomic E-state index is -0.487. The molecule has 154 valence electrons. The second kappa shape index (κ2) is 9.29. The molecule has 1 aliphatic rings. The van der Waals surface area contributed by atoms with E-state index in [1.807, 2.05) is 66.7 Å². The molecule has 6 heteroatoms. The highest BCUT2D eigenvalue weighted by molar-refractivity contribution is 7.99. The van der Waals surface area contributed by atoms with Crippen LogP contribution in [0.1, 0.15) is 18.1 Å². The summed E-state index contributed by atoms with van der Waals surface area (Å²) in [7, 11) is 0. The zero-order valence-electron chi connectivity index (χ0n) is 16.9. The Hall–Kier alpha value is -3.22. The number of hydrogen-bond donors (Lipinski definition) is 1. The quantitative estimate of drug-likeness (QED) is 0.333. The van der Waals surface area contributed by atoms with Gasteiger partial charge in [0, 0.05) is 9.79 Å². The van der Waals surface area contributed by atoms with Gasteiger partial charge >= 0.3 is 0 Å². The lowest BCUT2D eigenvalue weighted by Crippen LogP contribution is -2.54. The van der Waals surface area contributed by atoms with Gasteiger partial charge in [-0.3, -0.25) is 19.8 Å². The number of anilines is 1. The van der Waals surface area contributed by atoms with Crippen molar-refractivity contribution in [1.29, 1.82) is 0 Å². The van der Waals surface area contributed by atoms with E-state index >= 15 is 0 Å². The third kappa shape index (κ3) is 4.76. The zero-order chi connectivity index (χ0) is 21.8. The number of aryl methyl sites for hydroxylation is 1. The Balaban J connectivity index is 1.57. The van der Waals surface area contributed by atoms with Crippen LogP contribution in [0.15, 0.2) is 94.2 Å². The van der Waals surface area contributed by atoms with E-state index in [1.165, 1.54) is 4.90 Å². The molecule has 0 spiro atoms. The molecule has 3 aromatic carbocycles. The summed E-state index contributed by atoms with van der Waals surface area (Å²) < 4.78 is 0. The van der Waals surface area contributed by atoms with Crippen LogP contribution >= 0.6 is 24.0 Å². The fourth-order valence-corrected chi connectivity index (χ4v) is 4.31. The fraction of sp³-hybridized carbons (Fsp3) is 0.0800. The van der Waals surface area contributed by atoms with Crippen LogP contribution in [-0.4, -0.2) is 16.9 Å². The predicted molar refractivity (Wildman–Crippen MR) is 129 cm³/mol. The molecule has 1 saturated heterocycles. The number of rotatable bonds is 5. The van der Waals surface area contributed by atoms with Gasteiger partial charge in [0.15, 0.2) is 5.11 Å². The van der Waals surface area contributed by atoms with Crippen molar-refractivity contribution in [2.45, 2.75) is 23.1 Å². The van der Waals surface area contributed by atoms with Crippen LogP contribution in [0.3, 0.4) is 0 Å². The number of carbonyl (C=O) groups is 2. The molecule has 2 amide bonds. The van der Waals surface area contributed by atoms with E-state index in [-0.39, 0.29) is 10.7 Å². The average Bonchev–Trinajstić information content (AvgIpc) is 2.79. The van der Waals surface area contributed by atoms with Crippen molar-refractivity contribution in [2.24, 2.45) is 0 Å². The molecule has 1 fully saturated rings. The van der Waals surface area contributed by atoms with Crippen LogP contribution in [-0.2, 0) is 16.0 Å². The summed E-state index contributed by atoms with van der Waals surface area (Å²) in [6.07, 6.45) is 2.50. The summed E-state index contributed by atoms with van der Waals surface area (Å²) in [4.78, 5) is 29.2. The second-order valence-corrected chi connectivity index (χ2v) is 8.50. The minimum absolute atomic E-state index is 0.0524. The molecule has 0 saturated carbocycles. The second-order valence-electron chi connectivity index (χ2n) is 6.96. The topological polar surface area (TPSA) is 49.4 Å². The van der Waals surface area contributed by atoms with Gasteiger partial charge in [-0.1, -0.05) is 61.2 Å². The molecule has 31 heavy (non-hydrogen) atoms. The normalized spacial score (nSPS) is 15.3. The van der Waals surface area contributed by atoms with Crippen LogP contribution in [0.4, 0.5) is 5.69 Å². The summed E-state index contributed by atoms with van der Waals surface area (Å²) >= 11 is 6.92. The van der Waals surface area contributed by atoms with Gasteiger partial charge in [-0.2, -0.15) is 0 Å². The van der Waals surface area contributed by atoms with E-state index in [4.69, 9.17) is 12.2 Å². The Morgan fingerprint density at radius 3 is 2.19 bits per heavy atom. The van der Waals surface area contributed by atoms with Crippen LogP contribution in [0.2, 0.25) is 0 Å². The average molecular weight is 445 g/mol. The van der Waals surface area contributed by atoms with Crippen molar-refractivity contribution in [3.63, 3.8) is 0 Å². The van der Waals surface area contributed by atoms with Crippen LogP contribution < -0.4 is 10.2 Å². The number of nitrogens with one attached hydrogen (secondary N) is 1. The number of hydrogen-bond acceptors (Lipinski definition) is 4. The molecule has 0 bridgehead atoms. The maximum atomic E-state index is 13.1. The lowest BCUT2D eigenvalue weighted by Gasteiger charge is -2.29. The third-order valence-electron chi connectivity index (χ3n) is 4.87. The van der Waals surface area contributed by atoms with Crippen molar-refractivity contribution in [3.8, 4) is 0 Å². The van der Waals surface area contributed by atoms with Crippen molar-refractivity contribution in [1.82, 2.24) is 5.32 Å². The molecule has 1 N–H and O–H groups in total. The summed E-state index contributed by atoms with van der Waals surface area (Å²) in [5.41, 5.74) is 2.61. The first-order valence-corrected chi connectivity index (χ1v) is 11.1. The van der Waals surface area contributed by atoms with Crippen molar-refractivity contribution >= 4 is 52.7 Å². The summed E-state index contributed by atoms with van der Waals surface area (Å²) in [6.45, 7) is 2.07. The van der Waals surface area contributed by atoms with Crippen molar-refractivity contribution in [3.05, 3.63) is 95.6 Å². The van der Waals surface area contributed by atoms with E-state index in [2.05, 4.69) is 24.4 Å². The van der Waals surface area contributed by atoms with Crippen molar-refractivity contribution in [2.75, 3.05) is 4.90 Å². The molecule has 0 aromatic heterocycles. The van der Waals surface area contributed by atoms with Gasteiger partial charge < -0.3 is 0 Å². The first-order chi connectivity index (χ1) is 15.0. The van der Waals surface area contributed by atoms with E-state index in [0.29, 0.717) is 5.69 Å². The van der Waals surface area contributed by atoms with E-state index in [9.17, 15) is 9.59 Å². The molecule has 1 aliphatic heterocycles. The van der Waals surface area contributed by atoms with E-state index < -0.39 is 11.8 Å². The Morgan fingerprint density at radius 1 is 0.903 bits per heavy atom. The van der Waals surface area contributed by atoms with Gasteiger partial charge in [0.05, 0.1) is 5.69 Å². The summed E-state index contributed by atoms with van der Waals surface area (Å²) in [5, 5.41) is 2.72. The van der Waals surface area contributed by atoms with Crippen LogP contribution in [0.5, 0.6) is 0 Å². The van der Waals surface area contributed by atoms with E-state index in [1.54, 1.807) is 17.8 Å². The van der Waals surface area contributed by atoms with Crippen LogP contribution in [0, 0.1) is 0 Å². The number of carbonyl (C=O) groups excluding carboxylic acids is 2. The third-order valence-corrected chi connectivity index (χ3v) is 6.17. The lowest BCUT2D eigenvalue weighted by molar-refractivity contribution is -0.122. The predicted octanol–water partition coefficient (Wildman–Crippen LogP) is 5.23. The monoisotopic (exact) mass is 444 g/mol. The van der Waals surface area contributed by atoms with Gasteiger partial charge in [0.25, 0.3) is 11.8 Å². The first-order valence-electron chi connectivity index (χ1n) is 9.88. The lowest BCUT2D eigenvalue weighted by atomic mass is 10.1. The number of thiocarbonyl (C=S) groups is 1. The molecule has 0 aliphatic carbocycles. The Morgan fingerprint density at radius 2 is 1.55 bits per heavy atom. The van der Waals surface area contributed by atoms with Gasteiger partial charge in [0.1, 0.15) is 5.57 Å². The maximum absolute atomic E-state index is 13.1. The fourth-order valence-electron chi connectivity index (χ4n) is 3.20. The van der Waals surface area contributed by atoms with Gasteiger partial charge in [-0.25, -0.2) is 0 Å². The molecule has 4 nitrogen and oxygen atoms in total. The smallest absolute Gasteiger partial charge is 0.270 e. The highest BCUT2D eigenvalue weighted by Gasteiger charge is 2.34.